The molecule has 0 saturated heterocycles. The van der Waals surface area contributed by atoms with Crippen LogP contribution < -0.4 is 4.74 Å². The smallest absolute Gasteiger partial charge is 0.406 e. The van der Waals surface area contributed by atoms with Crippen molar-refractivity contribution >= 4 is 5.78 Å². The second-order valence-electron chi connectivity index (χ2n) is 3.70. The van der Waals surface area contributed by atoms with Gasteiger partial charge in [0, 0.05) is 6.42 Å². The van der Waals surface area contributed by atoms with Gasteiger partial charge in [0.15, 0.2) is 0 Å². The summed E-state index contributed by atoms with van der Waals surface area (Å²) in [7, 11) is 0. The number of alkyl halides is 6. The Kier molecular flexibility index (Phi) is 4.43. The molecule has 19 heavy (non-hydrogen) atoms. The molecule has 0 aromatic heterocycles. The molecule has 2 nitrogen and oxygen atoms in total. The Balaban J connectivity index is 2.60. The molecule has 0 aliphatic rings. The third-order valence-electron chi connectivity index (χ3n) is 1.96. The Labute approximate surface area is 104 Å². The first-order valence-corrected chi connectivity index (χ1v) is 4.98. The summed E-state index contributed by atoms with van der Waals surface area (Å²) in [6.07, 6.45) is -11.5. The lowest BCUT2D eigenvalue weighted by molar-refractivity contribution is -0.274. The van der Waals surface area contributed by atoms with E-state index in [1.54, 1.807) is 0 Å². The normalized spacial score (nSPS) is 12.3. The molecule has 8 heteroatoms. The number of hydrogen-bond acceptors (Lipinski definition) is 2. The van der Waals surface area contributed by atoms with Crippen molar-refractivity contribution in [2.45, 2.75) is 25.4 Å². The number of rotatable bonds is 4. The van der Waals surface area contributed by atoms with Crippen molar-refractivity contribution in [1.82, 2.24) is 0 Å². The van der Waals surface area contributed by atoms with Gasteiger partial charge >= 0.3 is 12.5 Å². The number of carbonyl (C=O) groups is 1. The predicted octanol–water partition coefficient (Wildman–Crippen LogP) is 3.65. The van der Waals surface area contributed by atoms with Crippen molar-refractivity contribution < 1.29 is 35.9 Å². The number of benzene rings is 1. The fraction of sp³-hybridized carbons (Fsp3) is 0.364. The minimum absolute atomic E-state index is 0.184. The topological polar surface area (TPSA) is 26.3 Å². The Morgan fingerprint density at radius 2 is 1.53 bits per heavy atom. The van der Waals surface area contributed by atoms with Crippen LogP contribution in [0.1, 0.15) is 12.0 Å². The lowest BCUT2D eigenvalue weighted by Gasteiger charge is -2.09. The van der Waals surface area contributed by atoms with Crippen molar-refractivity contribution in [3.05, 3.63) is 29.8 Å². The van der Waals surface area contributed by atoms with Crippen molar-refractivity contribution in [1.29, 1.82) is 0 Å². The Morgan fingerprint density at radius 1 is 1.00 bits per heavy atom. The molecule has 1 aromatic rings. The highest BCUT2D eigenvalue weighted by Crippen LogP contribution is 2.24. The molecule has 0 saturated carbocycles. The van der Waals surface area contributed by atoms with E-state index in [1.807, 2.05) is 0 Å². The Bertz CT molecular complexity index is 432. The van der Waals surface area contributed by atoms with Crippen molar-refractivity contribution in [3.63, 3.8) is 0 Å². The fourth-order valence-electron chi connectivity index (χ4n) is 1.32. The average molecular weight is 286 g/mol. The molecule has 0 heterocycles. The molecule has 0 N–H and O–H groups in total. The lowest BCUT2D eigenvalue weighted by Crippen LogP contribution is -2.17. The maximum absolute atomic E-state index is 11.9. The SMILES string of the molecule is O=C(Cc1ccc(OC(F)(F)F)cc1)CC(F)(F)F. The van der Waals surface area contributed by atoms with E-state index in [2.05, 4.69) is 4.74 Å². The number of halogens is 6. The average Bonchev–Trinajstić information content (AvgIpc) is 2.15. The van der Waals surface area contributed by atoms with Gasteiger partial charge in [-0.15, -0.1) is 13.2 Å². The van der Waals surface area contributed by atoms with Crippen LogP contribution in [0, 0.1) is 0 Å². The summed E-state index contributed by atoms with van der Waals surface area (Å²) in [6.45, 7) is 0. The molecule has 0 unspecified atom stereocenters. The molecule has 1 rings (SSSR count). The van der Waals surface area contributed by atoms with Gasteiger partial charge in [0.1, 0.15) is 18.0 Å². The van der Waals surface area contributed by atoms with Crippen LogP contribution in [0.4, 0.5) is 26.3 Å². The molecule has 106 valence electrons. The van der Waals surface area contributed by atoms with Gasteiger partial charge in [-0.3, -0.25) is 4.79 Å². The van der Waals surface area contributed by atoms with Crippen LogP contribution in [0.5, 0.6) is 5.75 Å². The van der Waals surface area contributed by atoms with E-state index in [0.29, 0.717) is 0 Å². The summed E-state index contributed by atoms with van der Waals surface area (Å²) in [5.41, 5.74) is 0.184. The molecule has 0 amide bonds. The van der Waals surface area contributed by atoms with Crippen LogP contribution >= 0.6 is 0 Å². The van der Waals surface area contributed by atoms with Gasteiger partial charge in [-0.2, -0.15) is 13.2 Å². The molecular formula is C11H8F6O2. The summed E-state index contributed by atoms with van der Waals surface area (Å²) < 4.78 is 74.8. The summed E-state index contributed by atoms with van der Waals surface area (Å²) in [6, 6.07) is 4.08. The molecule has 0 bridgehead atoms. The molecule has 0 aliphatic heterocycles. The minimum Gasteiger partial charge on any atom is -0.406 e. The molecule has 0 aliphatic carbocycles. The van der Waals surface area contributed by atoms with E-state index < -0.39 is 36.9 Å². The number of ether oxygens (including phenoxy) is 1. The van der Waals surface area contributed by atoms with Gasteiger partial charge in [-0.25, -0.2) is 0 Å². The van der Waals surface area contributed by atoms with Crippen molar-refractivity contribution in [3.8, 4) is 5.75 Å². The summed E-state index contributed by atoms with van der Waals surface area (Å²) in [4.78, 5) is 11.0. The second kappa shape index (κ2) is 5.50. The van der Waals surface area contributed by atoms with Crippen LogP contribution in [0.25, 0.3) is 0 Å². The number of hydrogen-bond donors (Lipinski definition) is 0. The lowest BCUT2D eigenvalue weighted by atomic mass is 10.1. The largest absolute Gasteiger partial charge is 0.573 e. The van der Waals surface area contributed by atoms with Gasteiger partial charge in [-0.05, 0) is 17.7 Å². The Hall–Kier alpha value is -1.73. The number of Topliss-reactive ketones (excluding diaryl/α,β-unsaturated/α-hetero) is 1. The van der Waals surface area contributed by atoms with Crippen LogP contribution in [0.15, 0.2) is 24.3 Å². The minimum atomic E-state index is -4.84. The zero-order valence-corrected chi connectivity index (χ0v) is 9.31. The van der Waals surface area contributed by atoms with E-state index >= 15 is 0 Å². The molecular weight excluding hydrogens is 278 g/mol. The zero-order valence-electron chi connectivity index (χ0n) is 9.31. The van der Waals surface area contributed by atoms with E-state index in [-0.39, 0.29) is 5.56 Å². The molecule has 1 aromatic carbocycles. The number of carbonyl (C=O) groups excluding carboxylic acids is 1. The standard InChI is InChI=1S/C11H8F6O2/c12-10(13,14)6-8(18)5-7-1-3-9(4-2-7)19-11(15,16)17/h1-4H,5-6H2. The van der Waals surface area contributed by atoms with Gasteiger partial charge in [0.05, 0.1) is 0 Å². The third-order valence-corrected chi connectivity index (χ3v) is 1.96. The molecule has 0 atom stereocenters. The van der Waals surface area contributed by atoms with Crippen molar-refractivity contribution in [2.24, 2.45) is 0 Å². The second-order valence-corrected chi connectivity index (χ2v) is 3.70. The van der Waals surface area contributed by atoms with Gasteiger partial charge < -0.3 is 4.74 Å². The predicted molar refractivity (Wildman–Crippen MR) is 52.5 cm³/mol. The number of ketones is 1. The van der Waals surface area contributed by atoms with E-state index in [0.717, 1.165) is 24.3 Å². The van der Waals surface area contributed by atoms with Gasteiger partial charge in [0.2, 0.25) is 0 Å². The quantitative estimate of drug-likeness (QED) is 0.790. The summed E-state index contributed by atoms with van der Waals surface area (Å²) in [5.74, 6) is -1.56. The van der Waals surface area contributed by atoms with Gasteiger partial charge in [0.25, 0.3) is 0 Å². The van der Waals surface area contributed by atoms with E-state index in [4.69, 9.17) is 0 Å². The van der Waals surface area contributed by atoms with Crippen LogP contribution in [-0.4, -0.2) is 18.3 Å². The summed E-state index contributed by atoms with van der Waals surface area (Å²) in [5, 5.41) is 0. The highest BCUT2D eigenvalue weighted by atomic mass is 19.4. The third kappa shape index (κ3) is 6.68. The van der Waals surface area contributed by atoms with Crippen LogP contribution in [0.2, 0.25) is 0 Å². The maximum Gasteiger partial charge on any atom is 0.573 e. The summed E-state index contributed by atoms with van der Waals surface area (Å²) >= 11 is 0. The zero-order chi connectivity index (χ0) is 14.7. The van der Waals surface area contributed by atoms with Crippen LogP contribution in [0.3, 0.4) is 0 Å². The highest BCUT2D eigenvalue weighted by molar-refractivity contribution is 5.81. The Morgan fingerprint density at radius 3 is 1.95 bits per heavy atom. The highest BCUT2D eigenvalue weighted by Gasteiger charge is 2.32. The fourth-order valence-corrected chi connectivity index (χ4v) is 1.32. The van der Waals surface area contributed by atoms with E-state index in [1.165, 1.54) is 0 Å². The first-order chi connectivity index (χ1) is 8.55. The van der Waals surface area contributed by atoms with Gasteiger partial charge in [-0.1, -0.05) is 12.1 Å². The van der Waals surface area contributed by atoms with Crippen molar-refractivity contribution in [2.75, 3.05) is 0 Å². The monoisotopic (exact) mass is 286 g/mol. The molecule has 0 radical (unpaired) electrons. The maximum atomic E-state index is 11.9. The van der Waals surface area contributed by atoms with Crippen LogP contribution in [-0.2, 0) is 11.2 Å². The first-order valence-electron chi connectivity index (χ1n) is 4.98. The molecule has 0 spiro atoms. The van der Waals surface area contributed by atoms with E-state index in [9.17, 15) is 31.1 Å². The molecule has 0 fully saturated rings. The first kappa shape index (κ1) is 15.3.